The van der Waals surface area contributed by atoms with Gasteiger partial charge in [-0.15, -0.1) is 0 Å². The molecule has 132 valence electrons. The molecule has 1 aliphatic heterocycles. The highest BCUT2D eigenvalue weighted by Crippen LogP contribution is 2.53. The molecule has 0 amide bonds. The molecule has 3 aliphatic carbocycles. The lowest BCUT2D eigenvalue weighted by atomic mass is 9.62. The molecule has 0 aromatic carbocycles. The predicted octanol–water partition coefficient (Wildman–Crippen LogP) is 4.54. The molecule has 4 rings (SSSR count). The van der Waals surface area contributed by atoms with Crippen molar-refractivity contribution >= 4 is 0 Å². The fraction of sp³-hybridized carbons (Fsp3) is 1.00. The van der Waals surface area contributed by atoms with Gasteiger partial charge in [-0.05, 0) is 95.8 Å². The van der Waals surface area contributed by atoms with Crippen molar-refractivity contribution in [2.45, 2.75) is 82.6 Å². The maximum absolute atomic E-state index is 2.82. The van der Waals surface area contributed by atoms with Crippen molar-refractivity contribution in [1.82, 2.24) is 9.80 Å². The first-order chi connectivity index (χ1) is 11.1. The van der Waals surface area contributed by atoms with Crippen molar-refractivity contribution in [2.24, 2.45) is 17.3 Å². The molecule has 0 aromatic rings. The highest BCUT2D eigenvalue weighted by molar-refractivity contribution is 5.05. The second kappa shape index (κ2) is 6.33. The van der Waals surface area contributed by atoms with Gasteiger partial charge in [-0.2, -0.15) is 0 Å². The molecule has 2 nitrogen and oxygen atoms in total. The molecule has 23 heavy (non-hydrogen) atoms. The molecule has 0 unspecified atom stereocenters. The van der Waals surface area contributed by atoms with Gasteiger partial charge >= 0.3 is 0 Å². The zero-order valence-corrected chi connectivity index (χ0v) is 15.7. The van der Waals surface area contributed by atoms with E-state index >= 15 is 0 Å². The van der Waals surface area contributed by atoms with Crippen LogP contribution in [0, 0.1) is 17.3 Å². The summed E-state index contributed by atoms with van der Waals surface area (Å²) in [7, 11) is 4.74. The summed E-state index contributed by atoms with van der Waals surface area (Å²) in [5.74, 6) is 2.09. The van der Waals surface area contributed by atoms with E-state index in [2.05, 4.69) is 23.9 Å². The van der Waals surface area contributed by atoms with E-state index < -0.39 is 0 Å². The number of nitrogens with zero attached hydrogens (tertiary/aromatic N) is 2. The first-order valence-corrected chi connectivity index (χ1v) is 10.5. The van der Waals surface area contributed by atoms with Gasteiger partial charge in [0.2, 0.25) is 0 Å². The lowest BCUT2D eigenvalue weighted by Gasteiger charge is -2.52. The van der Waals surface area contributed by atoms with Crippen LogP contribution in [0.3, 0.4) is 0 Å². The fourth-order valence-corrected chi connectivity index (χ4v) is 6.30. The maximum Gasteiger partial charge on any atom is 0.0232 e. The SMILES string of the molecule is CN(C)C1(C2CCCC2)CCC2(CCN(CCC3CC3)C2)CC1. The third-order valence-corrected chi connectivity index (χ3v) is 8.25. The molecular weight excluding hydrogens is 280 g/mol. The summed E-state index contributed by atoms with van der Waals surface area (Å²) in [4.78, 5) is 5.45. The third-order valence-electron chi connectivity index (χ3n) is 8.25. The Morgan fingerprint density at radius 1 is 0.913 bits per heavy atom. The van der Waals surface area contributed by atoms with E-state index in [1.807, 2.05) is 0 Å². The summed E-state index contributed by atoms with van der Waals surface area (Å²) < 4.78 is 0. The highest BCUT2D eigenvalue weighted by Gasteiger charge is 2.50. The number of rotatable bonds is 5. The Labute approximate surface area is 144 Å². The van der Waals surface area contributed by atoms with Crippen molar-refractivity contribution in [3.05, 3.63) is 0 Å². The first kappa shape index (κ1) is 16.4. The van der Waals surface area contributed by atoms with E-state index in [0.29, 0.717) is 11.0 Å². The van der Waals surface area contributed by atoms with Gasteiger partial charge in [-0.25, -0.2) is 0 Å². The summed E-state index contributed by atoms with van der Waals surface area (Å²) in [6, 6.07) is 0. The van der Waals surface area contributed by atoms with E-state index in [9.17, 15) is 0 Å². The molecule has 0 bridgehead atoms. The molecule has 2 heteroatoms. The van der Waals surface area contributed by atoms with Crippen LogP contribution < -0.4 is 0 Å². The molecule has 1 heterocycles. The molecule has 1 spiro atoms. The van der Waals surface area contributed by atoms with Gasteiger partial charge < -0.3 is 9.80 Å². The minimum atomic E-state index is 0.545. The topological polar surface area (TPSA) is 6.48 Å². The van der Waals surface area contributed by atoms with Crippen LogP contribution in [0.5, 0.6) is 0 Å². The molecule has 0 radical (unpaired) electrons. The molecule has 3 saturated carbocycles. The summed E-state index contributed by atoms with van der Waals surface area (Å²) >= 11 is 0. The van der Waals surface area contributed by atoms with Crippen LogP contribution in [-0.4, -0.2) is 49.1 Å². The Bertz CT molecular complexity index is 398. The quantitative estimate of drug-likeness (QED) is 0.734. The molecule has 4 aliphatic rings. The minimum absolute atomic E-state index is 0.545. The van der Waals surface area contributed by atoms with Crippen LogP contribution in [0.15, 0.2) is 0 Å². The zero-order chi connectivity index (χ0) is 15.9. The fourth-order valence-electron chi connectivity index (χ4n) is 6.30. The monoisotopic (exact) mass is 318 g/mol. The second-order valence-corrected chi connectivity index (χ2v) is 9.74. The first-order valence-electron chi connectivity index (χ1n) is 10.5. The Balaban J connectivity index is 1.35. The van der Waals surface area contributed by atoms with Gasteiger partial charge in [0.15, 0.2) is 0 Å². The molecule has 0 atom stereocenters. The van der Waals surface area contributed by atoms with Crippen LogP contribution in [0.2, 0.25) is 0 Å². The van der Waals surface area contributed by atoms with Crippen LogP contribution in [0.4, 0.5) is 0 Å². The van der Waals surface area contributed by atoms with E-state index in [4.69, 9.17) is 0 Å². The van der Waals surface area contributed by atoms with Crippen molar-refractivity contribution in [1.29, 1.82) is 0 Å². The summed E-state index contributed by atoms with van der Waals surface area (Å²) in [5.41, 5.74) is 1.24. The third kappa shape index (κ3) is 3.23. The van der Waals surface area contributed by atoms with Gasteiger partial charge in [-0.3, -0.25) is 0 Å². The second-order valence-electron chi connectivity index (χ2n) is 9.74. The van der Waals surface area contributed by atoms with Crippen LogP contribution in [0.25, 0.3) is 0 Å². The van der Waals surface area contributed by atoms with E-state index in [0.717, 1.165) is 11.8 Å². The molecule has 1 saturated heterocycles. The van der Waals surface area contributed by atoms with Crippen LogP contribution in [0.1, 0.15) is 77.0 Å². The van der Waals surface area contributed by atoms with Gasteiger partial charge in [0, 0.05) is 12.1 Å². The van der Waals surface area contributed by atoms with Gasteiger partial charge in [0.1, 0.15) is 0 Å². The molecule has 0 aromatic heterocycles. The van der Waals surface area contributed by atoms with Crippen molar-refractivity contribution in [2.75, 3.05) is 33.7 Å². The summed E-state index contributed by atoms with van der Waals surface area (Å²) in [6.07, 6.45) is 17.9. The Kier molecular flexibility index (Phi) is 4.51. The lowest BCUT2D eigenvalue weighted by molar-refractivity contribution is -0.00226. The van der Waals surface area contributed by atoms with E-state index in [-0.39, 0.29) is 0 Å². The number of likely N-dealkylation sites (tertiary alicyclic amines) is 1. The molecular formula is C21H38N2. The van der Waals surface area contributed by atoms with Gasteiger partial charge in [0.25, 0.3) is 0 Å². The van der Waals surface area contributed by atoms with Crippen molar-refractivity contribution in [3.8, 4) is 0 Å². The van der Waals surface area contributed by atoms with Crippen LogP contribution >= 0.6 is 0 Å². The summed E-state index contributed by atoms with van der Waals surface area (Å²) in [6.45, 7) is 4.22. The predicted molar refractivity (Wildman–Crippen MR) is 97.7 cm³/mol. The average molecular weight is 319 g/mol. The van der Waals surface area contributed by atoms with Gasteiger partial charge in [-0.1, -0.05) is 25.7 Å². The zero-order valence-electron chi connectivity index (χ0n) is 15.7. The Morgan fingerprint density at radius 3 is 2.22 bits per heavy atom. The molecule has 4 fully saturated rings. The molecule has 0 N–H and O–H groups in total. The Morgan fingerprint density at radius 2 is 1.61 bits per heavy atom. The number of hydrogen-bond donors (Lipinski definition) is 0. The highest BCUT2D eigenvalue weighted by atomic mass is 15.2. The minimum Gasteiger partial charge on any atom is -0.303 e. The van der Waals surface area contributed by atoms with E-state index in [1.165, 1.54) is 96.7 Å². The van der Waals surface area contributed by atoms with Crippen LogP contribution in [-0.2, 0) is 0 Å². The maximum atomic E-state index is 2.82. The normalized spacial score (nSPS) is 39.8. The van der Waals surface area contributed by atoms with Gasteiger partial charge in [0.05, 0.1) is 0 Å². The summed E-state index contributed by atoms with van der Waals surface area (Å²) in [5, 5.41) is 0. The number of hydrogen-bond acceptors (Lipinski definition) is 2. The van der Waals surface area contributed by atoms with Crippen molar-refractivity contribution in [3.63, 3.8) is 0 Å². The van der Waals surface area contributed by atoms with E-state index in [1.54, 1.807) is 0 Å². The lowest BCUT2D eigenvalue weighted by Crippen LogP contribution is -2.54. The largest absolute Gasteiger partial charge is 0.303 e. The standard InChI is InChI=1S/C21H38N2/c1-22(2)21(19-5-3-4-6-19)12-10-20(11-13-21)14-16-23(17-20)15-9-18-7-8-18/h18-19H,3-17H2,1-2H3. The van der Waals surface area contributed by atoms with Crippen molar-refractivity contribution < 1.29 is 0 Å². The smallest absolute Gasteiger partial charge is 0.0232 e. The average Bonchev–Trinajstić information content (AvgIpc) is 3.06. The Hall–Kier alpha value is -0.0800.